The van der Waals surface area contributed by atoms with Crippen molar-refractivity contribution >= 4 is 5.82 Å². The van der Waals surface area contributed by atoms with Crippen molar-refractivity contribution in [1.29, 1.82) is 0 Å². The SMILES string of the molecule is CCCN(C)c1ncncc1CNC(C)(C)C. The van der Waals surface area contributed by atoms with Gasteiger partial charge in [0.25, 0.3) is 0 Å². The normalized spacial score (nSPS) is 11.6. The van der Waals surface area contributed by atoms with Crippen LogP contribution in [0.1, 0.15) is 39.7 Å². The average Bonchev–Trinajstić information content (AvgIpc) is 2.26. The highest BCUT2D eigenvalue weighted by Crippen LogP contribution is 2.15. The fourth-order valence-electron chi connectivity index (χ4n) is 1.62. The molecule has 0 aliphatic rings. The first-order valence-electron chi connectivity index (χ1n) is 6.19. The van der Waals surface area contributed by atoms with Crippen LogP contribution in [0.4, 0.5) is 5.82 Å². The van der Waals surface area contributed by atoms with Crippen LogP contribution >= 0.6 is 0 Å². The first kappa shape index (κ1) is 13.9. The van der Waals surface area contributed by atoms with E-state index in [4.69, 9.17) is 0 Å². The van der Waals surface area contributed by atoms with Crippen molar-refractivity contribution in [2.75, 3.05) is 18.5 Å². The fourth-order valence-corrected chi connectivity index (χ4v) is 1.62. The highest BCUT2D eigenvalue weighted by atomic mass is 15.2. The largest absolute Gasteiger partial charge is 0.359 e. The van der Waals surface area contributed by atoms with Gasteiger partial charge in [0.15, 0.2) is 0 Å². The molecular formula is C13H24N4. The minimum absolute atomic E-state index is 0.108. The van der Waals surface area contributed by atoms with Crippen LogP contribution in [-0.2, 0) is 6.54 Å². The molecular weight excluding hydrogens is 212 g/mol. The summed E-state index contributed by atoms with van der Waals surface area (Å²) in [5.41, 5.74) is 1.26. The highest BCUT2D eigenvalue weighted by Gasteiger charge is 2.12. The zero-order valence-electron chi connectivity index (χ0n) is 11.6. The van der Waals surface area contributed by atoms with Gasteiger partial charge in [-0.3, -0.25) is 0 Å². The summed E-state index contributed by atoms with van der Waals surface area (Å²) < 4.78 is 0. The third kappa shape index (κ3) is 4.69. The molecule has 1 heterocycles. The highest BCUT2D eigenvalue weighted by molar-refractivity contribution is 5.44. The molecule has 0 amide bonds. The van der Waals surface area contributed by atoms with Crippen LogP contribution < -0.4 is 10.2 Å². The van der Waals surface area contributed by atoms with Gasteiger partial charge >= 0.3 is 0 Å². The average molecular weight is 236 g/mol. The maximum atomic E-state index is 4.37. The van der Waals surface area contributed by atoms with Crippen molar-refractivity contribution in [2.24, 2.45) is 0 Å². The van der Waals surface area contributed by atoms with Crippen LogP contribution in [0.3, 0.4) is 0 Å². The lowest BCUT2D eigenvalue weighted by Gasteiger charge is -2.24. The molecule has 4 nitrogen and oxygen atoms in total. The van der Waals surface area contributed by atoms with E-state index in [0.717, 1.165) is 30.9 Å². The Morgan fingerprint density at radius 2 is 2.06 bits per heavy atom. The molecule has 0 unspecified atom stereocenters. The van der Waals surface area contributed by atoms with Crippen molar-refractivity contribution in [3.05, 3.63) is 18.1 Å². The fraction of sp³-hybridized carbons (Fsp3) is 0.692. The van der Waals surface area contributed by atoms with Gasteiger partial charge in [0.1, 0.15) is 12.1 Å². The molecule has 0 aliphatic carbocycles. The summed E-state index contributed by atoms with van der Waals surface area (Å²) in [7, 11) is 2.08. The standard InChI is InChI=1S/C13H24N4/c1-6-7-17(5)12-11(8-14-10-15-12)9-16-13(2,3)4/h8,10,16H,6-7,9H2,1-5H3. The summed E-state index contributed by atoms with van der Waals surface area (Å²) in [5.74, 6) is 1.03. The molecule has 0 aromatic carbocycles. The first-order chi connectivity index (χ1) is 7.94. The van der Waals surface area contributed by atoms with Crippen LogP contribution in [-0.4, -0.2) is 29.1 Å². The Labute approximate surface area is 104 Å². The first-order valence-corrected chi connectivity index (χ1v) is 6.19. The van der Waals surface area contributed by atoms with Crippen LogP contribution in [0.15, 0.2) is 12.5 Å². The molecule has 0 saturated carbocycles. The van der Waals surface area contributed by atoms with E-state index in [0.29, 0.717) is 0 Å². The van der Waals surface area contributed by atoms with Gasteiger partial charge in [-0.2, -0.15) is 0 Å². The maximum Gasteiger partial charge on any atom is 0.136 e. The van der Waals surface area contributed by atoms with Crippen LogP contribution in [0.2, 0.25) is 0 Å². The smallest absolute Gasteiger partial charge is 0.136 e. The van der Waals surface area contributed by atoms with Gasteiger partial charge in [0, 0.05) is 37.4 Å². The van der Waals surface area contributed by atoms with Gasteiger partial charge < -0.3 is 10.2 Å². The maximum absolute atomic E-state index is 4.37. The van der Waals surface area contributed by atoms with Crippen molar-refractivity contribution in [1.82, 2.24) is 15.3 Å². The third-order valence-electron chi connectivity index (χ3n) is 2.49. The van der Waals surface area contributed by atoms with Gasteiger partial charge in [-0.1, -0.05) is 6.92 Å². The van der Waals surface area contributed by atoms with Gasteiger partial charge in [-0.05, 0) is 27.2 Å². The molecule has 1 aromatic rings. The van der Waals surface area contributed by atoms with Gasteiger partial charge in [0.05, 0.1) is 0 Å². The Hall–Kier alpha value is -1.16. The predicted molar refractivity (Wildman–Crippen MR) is 72.2 cm³/mol. The van der Waals surface area contributed by atoms with E-state index < -0.39 is 0 Å². The Bertz CT molecular complexity index is 344. The van der Waals surface area contributed by atoms with Crippen LogP contribution in [0.25, 0.3) is 0 Å². The number of anilines is 1. The van der Waals surface area contributed by atoms with Crippen molar-refractivity contribution in [2.45, 2.75) is 46.2 Å². The molecule has 0 bridgehead atoms. The van der Waals surface area contributed by atoms with Crippen LogP contribution in [0, 0.1) is 0 Å². The zero-order valence-corrected chi connectivity index (χ0v) is 11.6. The Kier molecular flexibility index (Phi) is 4.87. The number of aromatic nitrogens is 2. The molecule has 4 heteroatoms. The number of nitrogens with zero attached hydrogens (tertiary/aromatic N) is 3. The Balaban J connectivity index is 2.77. The summed E-state index contributed by atoms with van der Waals surface area (Å²) in [6.07, 6.45) is 4.63. The number of nitrogens with one attached hydrogen (secondary N) is 1. The lowest BCUT2D eigenvalue weighted by molar-refractivity contribution is 0.423. The molecule has 0 atom stereocenters. The van der Waals surface area contributed by atoms with Crippen LogP contribution in [0.5, 0.6) is 0 Å². The summed E-state index contributed by atoms with van der Waals surface area (Å²) in [5, 5.41) is 3.47. The van der Waals surface area contributed by atoms with E-state index in [2.05, 4.69) is 54.9 Å². The van der Waals surface area contributed by atoms with Gasteiger partial charge in [-0.15, -0.1) is 0 Å². The Morgan fingerprint density at radius 1 is 1.35 bits per heavy atom. The molecule has 0 spiro atoms. The topological polar surface area (TPSA) is 41.1 Å². The summed E-state index contributed by atoms with van der Waals surface area (Å²) >= 11 is 0. The van der Waals surface area contributed by atoms with Gasteiger partial charge in [0.2, 0.25) is 0 Å². The molecule has 96 valence electrons. The van der Waals surface area contributed by atoms with E-state index in [1.165, 1.54) is 0 Å². The number of hydrogen-bond donors (Lipinski definition) is 1. The monoisotopic (exact) mass is 236 g/mol. The van der Waals surface area contributed by atoms with Gasteiger partial charge in [-0.25, -0.2) is 9.97 Å². The van der Waals surface area contributed by atoms with E-state index >= 15 is 0 Å². The molecule has 1 rings (SSSR count). The summed E-state index contributed by atoms with van der Waals surface area (Å²) in [4.78, 5) is 10.7. The van der Waals surface area contributed by atoms with Crippen molar-refractivity contribution in [3.63, 3.8) is 0 Å². The number of hydrogen-bond acceptors (Lipinski definition) is 4. The van der Waals surface area contributed by atoms with E-state index in [-0.39, 0.29) is 5.54 Å². The zero-order chi connectivity index (χ0) is 12.9. The molecule has 17 heavy (non-hydrogen) atoms. The Morgan fingerprint density at radius 3 is 2.65 bits per heavy atom. The molecule has 1 N–H and O–H groups in total. The lowest BCUT2D eigenvalue weighted by atomic mass is 10.1. The minimum Gasteiger partial charge on any atom is -0.359 e. The molecule has 1 aromatic heterocycles. The van der Waals surface area contributed by atoms with E-state index in [1.54, 1.807) is 6.33 Å². The molecule has 0 fully saturated rings. The van der Waals surface area contributed by atoms with E-state index in [1.807, 2.05) is 6.20 Å². The molecule has 0 radical (unpaired) electrons. The van der Waals surface area contributed by atoms with E-state index in [9.17, 15) is 0 Å². The summed E-state index contributed by atoms with van der Waals surface area (Å²) in [6.45, 7) is 10.5. The van der Waals surface area contributed by atoms with Crippen molar-refractivity contribution in [3.8, 4) is 0 Å². The predicted octanol–water partition coefficient (Wildman–Crippen LogP) is 2.21. The van der Waals surface area contributed by atoms with Crippen molar-refractivity contribution < 1.29 is 0 Å². The quantitative estimate of drug-likeness (QED) is 0.851. The lowest BCUT2D eigenvalue weighted by Crippen LogP contribution is -2.35. The summed E-state index contributed by atoms with van der Waals surface area (Å²) in [6, 6.07) is 0. The minimum atomic E-state index is 0.108. The second-order valence-electron chi connectivity index (χ2n) is 5.40. The number of rotatable bonds is 5. The molecule has 0 aliphatic heterocycles. The second-order valence-corrected chi connectivity index (χ2v) is 5.40. The third-order valence-corrected chi connectivity index (χ3v) is 2.49. The second kappa shape index (κ2) is 5.96. The molecule has 0 saturated heterocycles.